The van der Waals surface area contributed by atoms with Crippen LogP contribution in [-0.4, -0.2) is 24.5 Å². The predicted octanol–water partition coefficient (Wildman–Crippen LogP) is 7.07. The molecule has 0 fully saturated rings. The third kappa shape index (κ3) is 4.60. The number of hydrogen-bond donors (Lipinski definition) is 1. The van der Waals surface area contributed by atoms with Crippen LogP contribution in [0.1, 0.15) is 48.5 Å². The fourth-order valence-electron chi connectivity index (χ4n) is 5.60. The van der Waals surface area contributed by atoms with Gasteiger partial charge in [-0.2, -0.15) is 0 Å². The van der Waals surface area contributed by atoms with E-state index in [4.69, 9.17) is 16.3 Å². The van der Waals surface area contributed by atoms with Gasteiger partial charge in [0.25, 0.3) is 0 Å². The maximum atomic E-state index is 14.1. The molecule has 0 saturated carbocycles. The molecule has 5 nitrogen and oxygen atoms in total. The lowest BCUT2D eigenvalue weighted by Gasteiger charge is -2.47. The van der Waals surface area contributed by atoms with Crippen LogP contribution in [0.25, 0.3) is 0 Å². The standard InChI is InChI=1S/C31H29ClN2O3/c1-31(2)17-24-27(25(35)18-31)26(19-12-14-23(37-3)15-13-19)28(29(36)20-8-5-4-6-9-20)30(33)34(24)22-11-7-10-21(32)16-22/h4-16,26,28,33H,17-18H2,1-3H3. The summed E-state index contributed by atoms with van der Waals surface area (Å²) >= 11 is 6.36. The van der Waals surface area contributed by atoms with Crippen molar-refractivity contribution in [3.8, 4) is 5.75 Å². The highest BCUT2D eigenvalue weighted by molar-refractivity contribution is 6.31. The quantitative estimate of drug-likeness (QED) is 0.371. The molecule has 6 heteroatoms. The van der Waals surface area contributed by atoms with Gasteiger partial charge < -0.3 is 9.64 Å². The van der Waals surface area contributed by atoms with E-state index in [1.165, 1.54) is 0 Å². The monoisotopic (exact) mass is 512 g/mol. The summed E-state index contributed by atoms with van der Waals surface area (Å²) in [4.78, 5) is 29.8. The number of amidine groups is 1. The number of hydrogen-bond acceptors (Lipinski definition) is 4. The Morgan fingerprint density at radius 2 is 1.70 bits per heavy atom. The second kappa shape index (κ2) is 9.64. The number of carbonyl (C=O) groups excluding carboxylic acids is 2. The van der Waals surface area contributed by atoms with E-state index in [-0.39, 0.29) is 22.8 Å². The van der Waals surface area contributed by atoms with Crippen LogP contribution in [0.5, 0.6) is 5.75 Å². The largest absolute Gasteiger partial charge is 0.497 e. The third-order valence-electron chi connectivity index (χ3n) is 7.23. The minimum absolute atomic E-state index is 0.0115. The van der Waals surface area contributed by atoms with Crippen molar-refractivity contribution in [2.75, 3.05) is 12.0 Å². The van der Waals surface area contributed by atoms with E-state index in [0.717, 1.165) is 11.3 Å². The average Bonchev–Trinajstić information content (AvgIpc) is 2.87. The molecule has 188 valence electrons. The van der Waals surface area contributed by atoms with E-state index in [1.54, 1.807) is 36.3 Å². The zero-order valence-electron chi connectivity index (χ0n) is 21.1. The number of rotatable bonds is 5. The van der Waals surface area contributed by atoms with Crippen LogP contribution in [0.4, 0.5) is 5.69 Å². The van der Waals surface area contributed by atoms with Gasteiger partial charge >= 0.3 is 0 Å². The Balaban J connectivity index is 1.78. The van der Waals surface area contributed by atoms with Crippen LogP contribution < -0.4 is 9.64 Å². The SMILES string of the molecule is COc1ccc(C2C3=C(CC(C)(C)CC3=O)N(c3cccc(Cl)c3)C(=N)C2C(=O)c2ccccc2)cc1. The van der Waals surface area contributed by atoms with Gasteiger partial charge in [0.2, 0.25) is 0 Å². The van der Waals surface area contributed by atoms with Crippen LogP contribution in [0.15, 0.2) is 90.1 Å². The van der Waals surface area contributed by atoms with Crippen LogP contribution in [0.3, 0.4) is 0 Å². The van der Waals surface area contributed by atoms with E-state index >= 15 is 0 Å². The molecule has 0 saturated heterocycles. The first-order chi connectivity index (χ1) is 17.7. The number of benzene rings is 3. The molecule has 0 radical (unpaired) electrons. The molecule has 0 spiro atoms. The first kappa shape index (κ1) is 25.0. The smallest absolute Gasteiger partial charge is 0.174 e. The average molecular weight is 513 g/mol. The number of methoxy groups -OCH3 is 1. The molecule has 0 amide bonds. The number of allylic oxidation sites excluding steroid dienone is 2. The lowest BCUT2D eigenvalue weighted by atomic mass is 9.65. The van der Waals surface area contributed by atoms with Crippen LogP contribution in [0, 0.1) is 16.7 Å². The molecule has 1 aliphatic carbocycles. The van der Waals surface area contributed by atoms with Gasteiger partial charge in [-0.3, -0.25) is 15.0 Å². The Bertz CT molecular complexity index is 1410. The topological polar surface area (TPSA) is 70.5 Å². The Morgan fingerprint density at radius 3 is 2.35 bits per heavy atom. The molecule has 2 atom stereocenters. The molecule has 3 aromatic rings. The molecule has 0 aromatic heterocycles. The van der Waals surface area contributed by atoms with Gasteiger partial charge in [0.15, 0.2) is 11.6 Å². The van der Waals surface area contributed by atoms with Crippen molar-refractivity contribution in [3.63, 3.8) is 0 Å². The minimum atomic E-state index is -0.890. The highest BCUT2D eigenvalue weighted by Crippen LogP contribution is 2.51. The van der Waals surface area contributed by atoms with Gasteiger partial charge in [0, 0.05) is 39.9 Å². The number of anilines is 1. The Morgan fingerprint density at radius 1 is 1.00 bits per heavy atom. The number of nitrogens with one attached hydrogen (secondary N) is 1. The fourth-order valence-corrected chi connectivity index (χ4v) is 5.79. The summed E-state index contributed by atoms with van der Waals surface area (Å²) in [5.74, 6) is -0.827. The highest BCUT2D eigenvalue weighted by atomic mass is 35.5. The van der Waals surface area contributed by atoms with Crippen LogP contribution in [0.2, 0.25) is 5.02 Å². The van der Waals surface area contributed by atoms with Crippen molar-refractivity contribution in [1.82, 2.24) is 0 Å². The molecular weight excluding hydrogens is 484 g/mol. The Hall–Kier alpha value is -3.70. The number of ether oxygens (including phenoxy) is 1. The van der Waals surface area contributed by atoms with Gasteiger partial charge in [-0.1, -0.05) is 74.0 Å². The van der Waals surface area contributed by atoms with E-state index < -0.39 is 11.8 Å². The van der Waals surface area contributed by atoms with Gasteiger partial charge in [0.1, 0.15) is 11.6 Å². The first-order valence-corrected chi connectivity index (χ1v) is 12.7. The molecular formula is C31H29ClN2O3. The maximum absolute atomic E-state index is 14.1. The van der Waals surface area contributed by atoms with Crippen molar-refractivity contribution in [1.29, 1.82) is 5.41 Å². The fraction of sp³-hybridized carbons (Fsp3) is 0.258. The predicted molar refractivity (Wildman–Crippen MR) is 147 cm³/mol. The van der Waals surface area contributed by atoms with Crippen molar-refractivity contribution in [2.24, 2.45) is 11.3 Å². The molecule has 2 unspecified atom stereocenters. The zero-order valence-corrected chi connectivity index (χ0v) is 21.9. The van der Waals surface area contributed by atoms with Crippen LogP contribution >= 0.6 is 11.6 Å². The molecule has 3 aromatic carbocycles. The van der Waals surface area contributed by atoms with E-state index in [0.29, 0.717) is 40.4 Å². The summed E-state index contributed by atoms with van der Waals surface area (Å²) in [6, 6.07) is 23.7. The van der Waals surface area contributed by atoms with Gasteiger partial charge in [-0.15, -0.1) is 0 Å². The van der Waals surface area contributed by atoms with Crippen molar-refractivity contribution >= 4 is 34.7 Å². The molecule has 37 heavy (non-hydrogen) atoms. The number of Topliss-reactive ketones (excluding diaryl/α,β-unsaturated/α-hetero) is 2. The van der Waals surface area contributed by atoms with Crippen molar-refractivity contribution in [2.45, 2.75) is 32.6 Å². The first-order valence-electron chi connectivity index (χ1n) is 12.3. The van der Waals surface area contributed by atoms with Crippen molar-refractivity contribution in [3.05, 3.63) is 106 Å². The van der Waals surface area contributed by atoms with E-state index in [2.05, 4.69) is 13.8 Å². The number of ketones is 2. The molecule has 5 rings (SSSR count). The summed E-state index contributed by atoms with van der Waals surface area (Å²) in [5, 5.41) is 9.98. The van der Waals surface area contributed by atoms with Gasteiger partial charge in [-0.25, -0.2) is 0 Å². The number of nitrogens with zero attached hydrogens (tertiary/aromatic N) is 1. The summed E-state index contributed by atoms with van der Waals surface area (Å²) in [6.07, 6.45) is 0.976. The molecule has 2 aliphatic rings. The highest BCUT2D eigenvalue weighted by Gasteiger charge is 2.50. The molecule has 1 heterocycles. The normalized spacial score (nSPS) is 21.0. The Kier molecular flexibility index (Phi) is 6.50. The zero-order chi connectivity index (χ0) is 26.3. The molecule has 1 aliphatic heterocycles. The van der Waals surface area contributed by atoms with Crippen molar-refractivity contribution < 1.29 is 14.3 Å². The van der Waals surface area contributed by atoms with Gasteiger partial charge in [0.05, 0.1) is 13.0 Å². The van der Waals surface area contributed by atoms with Gasteiger partial charge in [-0.05, 0) is 47.7 Å². The minimum Gasteiger partial charge on any atom is -0.497 e. The summed E-state index contributed by atoms with van der Waals surface area (Å²) in [7, 11) is 1.60. The third-order valence-corrected chi connectivity index (χ3v) is 7.46. The Labute approximate surface area is 222 Å². The molecule has 0 bridgehead atoms. The number of halogens is 1. The van der Waals surface area contributed by atoms with E-state index in [1.807, 2.05) is 54.6 Å². The lowest BCUT2D eigenvalue weighted by molar-refractivity contribution is -0.118. The second-order valence-corrected chi connectivity index (χ2v) is 10.9. The van der Waals surface area contributed by atoms with E-state index in [9.17, 15) is 15.0 Å². The summed E-state index contributed by atoms with van der Waals surface area (Å²) in [5.41, 5.74) is 3.09. The molecule has 1 N–H and O–H groups in total. The summed E-state index contributed by atoms with van der Waals surface area (Å²) in [6.45, 7) is 4.14. The maximum Gasteiger partial charge on any atom is 0.174 e. The number of carbonyl (C=O) groups is 2. The summed E-state index contributed by atoms with van der Waals surface area (Å²) < 4.78 is 5.35. The lowest BCUT2D eigenvalue weighted by Crippen LogP contribution is -2.50. The second-order valence-electron chi connectivity index (χ2n) is 10.5. The van der Waals surface area contributed by atoms with Crippen LogP contribution in [-0.2, 0) is 4.79 Å².